The number of amides is 2. The van der Waals surface area contributed by atoms with Crippen molar-refractivity contribution < 1.29 is 14.3 Å². The molecule has 7 nitrogen and oxygen atoms in total. The molecule has 2 aromatic carbocycles. The summed E-state index contributed by atoms with van der Waals surface area (Å²) in [5, 5.41) is 21.7. The molecule has 3 aromatic rings. The quantitative estimate of drug-likeness (QED) is 0.342. The van der Waals surface area contributed by atoms with Crippen molar-refractivity contribution in [2.24, 2.45) is 0 Å². The summed E-state index contributed by atoms with van der Waals surface area (Å²) in [5.41, 5.74) is 3.76. The van der Waals surface area contributed by atoms with Gasteiger partial charge in [0.1, 0.15) is 5.75 Å². The summed E-state index contributed by atoms with van der Waals surface area (Å²) in [6, 6.07) is 20.8. The molecule has 0 saturated heterocycles. The number of aryl methyl sites for hydroxylation is 1. The number of thiophene rings is 1. The molecule has 9 heteroatoms. The van der Waals surface area contributed by atoms with Crippen LogP contribution in [0.2, 0.25) is 0 Å². The van der Waals surface area contributed by atoms with Gasteiger partial charge in [-0.3, -0.25) is 9.59 Å². The van der Waals surface area contributed by atoms with Crippen molar-refractivity contribution in [1.29, 1.82) is 5.26 Å². The third-order valence-corrected chi connectivity index (χ3v) is 7.68. The minimum absolute atomic E-state index is 0.106. The normalized spacial score (nSPS) is 15.0. The zero-order valence-corrected chi connectivity index (χ0v) is 22.3. The first-order chi connectivity index (χ1) is 17.9. The molecule has 1 unspecified atom stereocenters. The van der Waals surface area contributed by atoms with Crippen LogP contribution in [0.1, 0.15) is 23.3 Å². The Morgan fingerprint density at radius 1 is 1.11 bits per heavy atom. The predicted molar refractivity (Wildman–Crippen MR) is 149 cm³/mol. The Morgan fingerprint density at radius 2 is 1.92 bits per heavy atom. The highest BCUT2D eigenvalue weighted by atomic mass is 32.2. The summed E-state index contributed by atoms with van der Waals surface area (Å²) < 4.78 is 5.38. The van der Waals surface area contributed by atoms with E-state index in [0.29, 0.717) is 33.3 Å². The van der Waals surface area contributed by atoms with Gasteiger partial charge in [-0.25, -0.2) is 0 Å². The molecule has 0 bridgehead atoms. The Bertz CT molecular complexity index is 1420. The van der Waals surface area contributed by atoms with E-state index in [1.807, 2.05) is 60.8 Å². The largest absolute Gasteiger partial charge is 0.495 e. The number of methoxy groups -OCH3 is 1. The number of nitrogens with zero attached hydrogens (tertiary/aromatic N) is 1. The van der Waals surface area contributed by atoms with E-state index in [4.69, 9.17) is 4.74 Å². The van der Waals surface area contributed by atoms with Gasteiger partial charge in [0.2, 0.25) is 5.91 Å². The Balaban J connectivity index is 1.59. The highest BCUT2D eigenvalue weighted by molar-refractivity contribution is 8.03. The summed E-state index contributed by atoms with van der Waals surface area (Å²) in [4.78, 5) is 27.1. The second-order valence-corrected chi connectivity index (χ2v) is 10.3. The lowest BCUT2D eigenvalue weighted by Gasteiger charge is -2.29. The van der Waals surface area contributed by atoms with E-state index in [2.05, 4.69) is 22.0 Å². The molecule has 0 radical (unpaired) electrons. The number of rotatable bonds is 8. The van der Waals surface area contributed by atoms with E-state index in [9.17, 15) is 14.9 Å². The molecular weight excluding hydrogens is 504 g/mol. The molecule has 1 aliphatic rings. The first kappa shape index (κ1) is 26.1. The summed E-state index contributed by atoms with van der Waals surface area (Å²) in [6.45, 7) is 3.76. The molecule has 1 aliphatic heterocycles. The van der Waals surface area contributed by atoms with E-state index in [-0.39, 0.29) is 17.6 Å². The molecule has 4 rings (SSSR count). The molecule has 0 fully saturated rings. The van der Waals surface area contributed by atoms with Crippen LogP contribution in [0, 0.1) is 18.3 Å². The van der Waals surface area contributed by atoms with E-state index in [1.165, 1.54) is 23.1 Å². The molecular formula is C28H26N4O3S2. The fourth-order valence-electron chi connectivity index (χ4n) is 4.06. The summed E-state index contributed by atoms with van der Waals surface area (Å²) in [6.07, 6.45) is 0. The van der Waals surface area contributed by atoms with Crippen molar-refractivity contribution in [3.8, 4) is 11.8 Å². The molecule has 0 spiro atoms. The maximum atomic E-state index is 13.6. The maximum absolute atomic E-state index is 13.6. The highest BCUT2D eigenvalue weighted by Crippen LogP contribution is 2.42. The zero-order valence-electron chi connectivity index (χ0n) is 20.6. The van der Waals surface area contributed by atoms with Crippen LogP contribution in [-0.4, -0.2) is 24.7 Å². The first-order valence-electron chi connectivity index (χ1n) is 11.5. The van der Waals surface area contributed by atoms with Gasteiger partial charge in [0.15, 0.2) is 0 Å². The van der Waals surface area contributed by atoms with Gasteiger partial charge in [-0.15, -0.1) is 11.3 Å². The molecule has 1 aromatic heterocycles. The minimum atomic E-state index is -0.566. The van der Waals surface area contributed by atoms with Gasteiger partial charge < -0.3 is 20.7 Å². The standard InChI is InChI=1S/C28H26N4O3S2/c1-17-8-6-9-19(14-17)31-24(33)16-37-28-20(15-29)26(23-12-7-13-36-23)25(18(2)30-28)27(34)32-21-10-4-5-11-22(21)35-3/h4-14,26,30H,16H2,1-3H3,(H,31,33)(H,32,34). The van der Waals surface area contributed by atoms with Crippen molar-refractivity contribution in [2.75, 3.05) is 23.5 Å². The Morgan fingerprint density at radius 3 is 2.62 bits per heavy atom. The fourth-order valence-corrected chi connectivity index (χ4v) is 5.80. The van der Waals surface area contributed by atoms with Gasteiger partial charge >= 0.3 is 0 Å². The van der Waals surface area contributed by atoms with Gasteiger partial charge in [0.05, 0.1) is 41.1 Å². The highest BCUT2D eigenvalue weighted by Gasteiger charge is 2.35. The molecule has 188 valence electrons. The smallest absolute Gasteiger partial charge is 0.254 e. The number of allylic oxidation sites excluding steroid dienone is 2. The van der Waals surface area contributed by atoms with Gasteiger partial charge in [0.25, 0.3) is 5.91 Å². The van der Waals surface area contributed by atoms with Gasteiger partial charge in [-0.1, -0.05) is 42.1 Å². The van der Waals surface area contributed by atoms with Crippen LogP contribution in [0.25, 0.3) is 0 Å². The lowest BCUT2D eigenvalue weighted by atomic mass is 9.86. The van der Waals surface area contributed by atoms with Gasteiger partial charge in [-0.05, 0) is 55.1 Å². The van der Waals surface area contributed by atoms with Crippen molar-refractivity contribution in [3.05, 3.63) is 98.4 Å². The molecule has 2 amide bonds. The van der Waals surface area contributed by atoms with Crippen LogP contribution >= 0.6 is 23.1 Å². The van der Waals surface area contributed by atoms with Crippen molar-refractivity contribution >= 4 is 46.3 Å². The van der Waals surface area contributed by atoms with Crippen molar-refractivity contribution in [1.82, 2.24) is 5.32 Å². The number of hydrogen-bond acceptors (Lipinski definition) is 7. The van der Waals surface area contributed by atoms with Crippen LogP contribution in [0.5, 0.6) is 5.75 Å². The molecule has 0 saturated carbocycles. The van der Waals surface area contributed by atoms with Crippen LogP contribution in [0.15, 0.2) is 87.9 Å². The van der Waals surface area contributed by atoms with Crippen molar-refractivity contribution in [2.45, 2.75) is 19.8 Å². The van der Waals surface area contributed by atoms with Crippen LogP contribution in [0.3, 0.4) is 0 Å². The third kappa shape index (κ3) is 6.05. The van der Waals surface area contributed by atoms with E-state index >= 15 is 0 Å². The maximum Gasteiger partial charge on any atom is 0.254 e. The van der Waals surface area contributed by atoms with Crippen molar-refractivity contribution in [3.63, 3.8) is 0 Å². The zero-order chi connectivity index (χ0) is 26.4. The Hall–Kier alpha value is -4.00. The average molecular weight is 531 g/mol. The monoisotopic (exact) mass is 530 g/mol. The number of nitrogens with one attached hydrogen (secondary N) is 3. The number of anilines is 2. The van der Waals surface area contributed by atoms with E-state index < -0.39 is 5.92 Å². The lowest BCUT2D eigenvalue weighted by molar-refractivity contribution is -0.114. The predicted octanol–water partition coefficient (Wildman–Crippen LogP) is 5.77. The number of carbonyl (C=O) groups excluding carboxylic acids is 2. The molecule has 37 heavy (non-hydrogen) atoms. The molecule has 2 heterocycles. The second-order valence-electron chi connectivity index (χ2n) is 8.33. The number of thioether (sulfide) groups is 1. The number of dihydropyridines is 1. The van der Waals surface area contributed by atoms with E-state index in [0.717, 1.165) is 16.1 Å². The number of hydrogen-bond donors (Lipinski definition) is 3. The Labute approximate surface area is 224 Å². The summed E-state index contributed by atoms with van der Waals surface area (Å²) in [7, 11) is 1.54. The van der Waals surface area contributed by atoms with Crippen LogP contribution in [0.4, 0.5) is 11.4 Å². The minimum Gasteiger partial charge on any atom is -0.495 e. The molecule has 0 aliphatic carbocycles. The number of nitriles is 1. The fraction of sp³-hybridized carbons (Fsp3) is 0.179. The number of carbonyl (C=O) groups is 2. The number of para-hydroxylation sites is 2. The third-order valence-electron chi connectivity index (χ3n) is 5.72. The average Bonchev–Trinajstić information content (AvgIpc) is 3.42. The van der Waals surface area contributed by atoms with Gasteiger partial charge in [0, 0.05) is 21.8 Å². The second kappa shape index (κ2) is 11.8. The SMILES string of the molecule is COc1ccccc1NC(=O)C1=C(C)NC(SCC(=O)Nc2cccc(C)c2)=C(C#N)C1c1cccs1. The molecule has 3 N–H and O–H groups in total. The Kier molecular flexibility index (Phi) is 8.33. The first-order valence-corrected chi connectivity index (χ1v) is 13.4. The number of ether oxygens (including phenoxy) is 1. The summed E-state index contributed by atoms with van der Waals surface area (Å²) in [5.74, 6) is -0.437. The topological polar surface area (TPSA) is 103 Å². The van der Waals surface area contributed by atoms with E-state index in [1.54, 1.807) is 26.2 Å². The van der Waals surface area contributed by atoms with Crippen LogP contribution in [-0.2, 0) is 9.59 Å². The molecule has 1 atom stereocenters. The van der Waals surface area contributed by atoms with Crippen LogP contribution < -0.4 is 20.7 Å². The summed E-state index contributed by atoms with van der Waals surface area (Å²) >= 11 is 2.72. The number of benzene rings is 2. The van der Waals surface area contributed by atoms with Gasteiger partial charge in [-0.2, -0.15) is 5.26 Å². The lowest BCUT2D eigenvalue weighted by Crippen LogP contribution is -2.31.